The van der Waals surface area contributed by atoms with Gasteiger partial charge < -0.3 is 14.8 Å². The van der Waals surface area contributed by atoms with Gasteiger partial charge in [-0.15, -0.1) is 0 Å². The molecule has 142 valence electrons. The molecule has 28 heavy (non-hydrogen) atoms. The molecule has 0 saturated carbocycles. The number of nitrogens with one attached hydrogen (secondary N) is 1. The smallest absolute Gasteiger partial charge is 0.269 e. The number of fused-ring (bicyclic) bond motifs is 1. The van der Waals surface area contributed by atoms with E-state index in [4.69, 9.17) is 12.2 Å². The molecule has 1 N–H and O–H groups in total. The van der Waals surface area contributed by atoms with Gasteiger partial charge in [-0.3, -0.25) is 10.1 Å². The molecular weight excluding hydrogens is 487 g/mol. The number of aromatic nitrogens is 1. The van der Waals surface area contributed by atoms with E-state index in [1.165, 1.54) is 0 Å². The highest BCUT2D eigenvalue weighted by Gasteiger charge is 2.30. The minimum atomic E-state index is -0.381. The monoisotopic (exact) mass is 504 g/mol. The second-order valence-electron chi connectivity index (χ2n) is 6.51. The molecule has 0 aliphatic carbocycles. The number of nitro benzene ring substituents is 1. The van der Waals surface area contributed by atoms with E-state index in [-0.39, 0.29) is 16.7 Å². The molecule has 8 heteroatoms. The third kappa shape index (κ3) is 3.74. The van der Waals surface area contributed by atoms with Gasteiger partial charge in [0.05, 0.1) is 11.0 Å². The predicted octanol–water partition coefficient (Wildman–Crippen LogP) is 4.80. The summed E-state index contributed by atoms with van der Waals surface area (Å²) < 4.78 is 3.37. The summed E-state index contributed by atoms with van der Waals surface area (Å²) >= 11 is 8.00. The number of thiocarbonyl (C=S) groups is 1. The van der Waals surface area contributed by atoms with E-state index in [9.17, 15) is 10.1 Å². The van der Waals surface area contributed by atoms with E-state index in [1.54, 1.807) is 12.1 Å². The number of nitro groups is 1. The first-order valence-electron chi connectivity index (χ1n) is 8.75. The molecule has 0 fully saturated rings. The summed E-state index contributed by atoms with van der Waals surface area (Å²) in [6.07, 6.45) is 2.06. The summed E-state index contributed by atoms with van der Waals surface area (Å²) in [5, 5.41) is 15.0. The van der Waals surface area contributed by atoms with E-state index in [0.717, 1.165) is 33.6 Å². The number of rotatable bonds is 3. The Balaban J connectivity index is 1.66. The molecule has 2 aromatic carbocycles. The van der Waals surface area contributed by atoms with Gasteiger partial charge in [0.25, 0.3) is 5.69 Å². The Kier molecular flexibility index (Phi) is 5.31. The van der Waals surface area contributed by atoms with Crippen molar-refractivity contribution in [3.05, 3.63) is 91.8 Å². The van der Waals surface area contributed by atoms with Crippen LogP contribution in [0.3, 0.4) is 0 Å². The van der Waals surface area contributed by atoms with Gasteiger partial charge in [0, 0.05) is 46.4 Å². The van der Waals surface area contributed by atoms with Crippen LogP contribution in [0.2, 0.25) is 0 Å². The average molecular weight is 504 g/mol. The Bertz CT molecular complexity index is 1020. The van der Waals surface area contributed by atoms with Crippen LogP contribution in [0.15, 0.2) is 66.9 Å². The van der Waals surface area contributed by atoms with Crippen LogP contribution in [0.25, 0.3) is 0 Å². The van der Waals surface area contributed by atoms with Crippen LogP contribution in [0, 0.1) is 13.7 Å². The maximum atomic E-state index is 11.0. The Labute approximate surface area is 181 Å². The lowest BCUT2D eigenvalue weighted by Crippen LogP contribution is -2.44. The lowest BCUT2D eigenvalue weighted by molar-refractivity contribution is -0.384. The van der Waals surface area contributed by atoms with Crippen molar-refractivity contribution in [1.82, 2.24) is 9.47 Å². The fourth-order valence-corrected chi connectivity index (χ4v) is 4.13. The molecule has 1 atom stereocenters. The molecule has 1 aliphatic rings. The van der Waals surface area contributed by atoms with Gasteiger partial charge in [0.1, 0.15) is 0 Å². The predicted molar refractivity (Wildman–Crippen MR) is 121 cm³/mol. The highest BCUT2D eigenvalue weighted by atomic mass is 127. The van der Waals surface area contributed by atoms with Crippen molar-refractivity contribution in [2.45, 2.75) is 12.6 Å². The van der Waals surface area contributed by atoms with Crippen LogP contribution in [0.1, 0.15) is 17.3 Å². The van der Waals surface area contributed by atoms with Crippen molar-refractivity contribution in [3.63, 3.8) is 0 Å². The zero-order valence-electron chi connectivity index (χ0n) is 14.8. The Morgan fingerprint density at radius 2 is 1.82 bits per heavy atom. The first kappa shape index (κ1) is 18.9. The largest absolute Gasteiger partial charge is 0.348 e. The van der Waals surface area contributed by atoms with E-state index >= 15 is 0 Å². The Hall–Kier alpha value is -2.46. The van der Waals surface area contributed by atoms with Crippen LogP contribution in [0.5, 0.6) is 0 Å². The van der Waals surface area contributed by atoms with E-state index in [1.807, 2.05) is 42.5 Å². The van der Waals surface area contributed by atoms with E-state index in [0.29, 0.717) is 5.11 Å². The van der Waals surface area contributed by atoms with Crippen molar-refractivity contribution >= 4 is 51.3 Å². The van der Waals surface area contributed by atoms with Gasteiger partial charge in [-0.2, -0.15) is 0 Å². The summed E-state index contributed by atoms with van der Waals surface area (Å²) in [6, 6.07) is 18.8. The molecule has 0 bridgehead atoms. The van der Waals surface area contributed by atoms with Crippen molar-refractivity contribution in [3.8, 4) is 0 Å². The van der Waals surface area contributed by atoms with Gasteiger partial charge in [-0.05, 0) is 88.9 Å². The van der Waals surface area contributed by atoms with Crippen LogP contribution in [-0.4, -0.2) is 26.0 Å². The van der Waals surface area contributed by atoms with E-state index < -0.39 is 0 Å². The molecule has 3 aromatic rings. The zero-order valence-corrected chi connectivity index (χ0v) is 17.8. The minimum Gasteiger partial charge on any atom is -0.348 e. The van der Waals surface area contributed by atoms with Gasteiger partial charge in [0.15, 0.2) is 5.11 Å². The van der Waals surface area contributed by atoms with Crippen LogP contribution in [-0.2, 0) is 6.54 Å². The third-order valence-electron chi connectivity index (χ3n) is 4.81. The van der Waals surface area contributed by atoms with Gasteiger partial charge in [-0.25, -0.2) is 0 Å². The summed E-state index contributed by atoms with van der Waals surface area (Å²) in [7, 11) is 0. The summed E-state index contributed by atoms with van der Waals surface area (Å²) in [5.74, 6) is 0. The van der Waals surface area contributed by atoms with Crippen molar-refractivity contribution < 1.29 is 4.92 Å². The maximum Gasteiger partial charge on any atom is 0.269 e. The van der Waals surface area contributed by atoms with E-state index in [2.05, 4.69) is 49.6 Å². The van der Waals surface area contributed by atoms with Crippen molar-refractivity contribution in [2.75, 3.05) is 11.9 Å². The van der Waals surface area contributed by atoms with Crippen LogP contribution < -0.4 is 5.32 Å². The fourth-order valence-electron chi connectivity index (χ4n) is 3.46. The molecule has 0 amide bonds. The number of benzene rings is 2. The normalized spacial score (nSPS) is 15.8. The number of anilines is 1. The highest BCUT2D eigenvalue weighted by Crippen LogP contribution is 2.33. The van der Waals surface area contributed by atoms with Crippen molar-refractivity contribution in [1.29, 1.82) is 0 Å². The quantitative estimate of drug-likeness (QED) is 0.240. The third-order valence-corrected chi connectivity index (χ3v) is 5.87. The lowest BCUT2D eigenvalue weighted by Gasteiger charge is -2.39. The summed E-state index contributed by atoms with van der Waals surface area (Å²) in [5.41, 5.74) is 3.11. The first-order valence-corrected chi connectivity index (χ1v) is 10.2. The number of hydrogen-bond acceptors (Lipinski definition) is 3. The summed E-state index contributed by atoms with van der Waals surface area (Å²) in [6.45, 7) is 1.58. The number of nitrogens with zero attached hydrogens (tertiary/aromatic N) is 3. The van der Waals surface area contributed by atoms with Crippen LogP contribution >= 0.6 is 34.8 Å². The van der Waals surface area contributed by atoms with Crippen molar-refractivity contribution in [2.24, 2.45) is 0 Å². The zero-order chi connectivity index (χ0) is 19.7. The molecular formula is C20H17IN4O2S. The molecule has 4 rings (SSSR count). The average Bonchev–Trinajstić information content (AvgIpc) is 3.18. The Morgan fingerprint density at radius 1 is 1.11 bits per heavy atom. The molecule has 1 aliphatic heterocycles. The number of hydrogen-bond donors (Lipinski definition) is 1. The molecule has 1 aromatic heterocycles. The topological polar surface area (TPSA) is 63.3 Å². The second-order valence-corrected chi connectivity index (χ2v) is 8.14. The second kappa shape index (κ2) is 7.88. The molecule has 2 heterocycles. The van der Waals surface area contributed by atoms with Gasteiger partial charge >= 0.3 is 0 Å². The molecule has 6 nitrogen and oxygen atoms in total. The lowest BCUT2D eigenvalue weighted by atomic mass is 10.00. The Morgan fingerprint density at radius 3 is 2.50 bits per heavy atom. The highest BCUT2D eigenvalue weighted by molar-refractivity contribution is 14.1. The summed E-state index contributed by atoms with van der Waals surface area (Å²) in [4.78, 5) is 12.8. The SMILES string of the molecule is O=[N+]([O-])c1ccc(C2c3cccn3CCN2C(=S)Nc2ccc(I)cc2)cc1. The fraction of sp³-hybridized carbons (Fsp3) is 0.150. The minimum absolute atomic E-state index is 0.0843. The molecule has 0 radical (unpaired) electrons. The van der Waals surface area contributed by atoms with Crippen LogP contribution in [0.4, 0.5) is 11.4 Å². The molecule has 0 spiro atoms. The molecule has 0 saturated heterocycles. The maximum absolute atomic E-state index is 11.0. The number of halogens is 1. The number of non-ortho nitro benzene ring substituents is 1. The van der Waals surface area contributed by atoms with Gasteiger partial charge in [-0.1, -0.05) is 0 Å². The molecule has 1 unspecified atom stereocenters. The first-order chi connectivity index (χ1) is 13.5. The van der Waals surface area contributed by atoms with Gasteiger partial charge in [0.2, 0.25) is 0 Å². The standard InChI is InChI=1S/C20H17IN4O2S/c21-15-5-7-16(8-6-15)22-20(28)24-13-12-23-11-1-2-18(23)19(24)14-3-9-17(10-4-14)25(26)27/h1-11,19H,12-13H2,(H,22,28).